The highest BCUT2D eigenvalue weighted by Gasteiger charge is 2.20. The predicted molar refractivity (Wildman–Crippen MR) is 102 cm³/mol. The van der Waals surface area contributed by atoms with Gasteiger partial charge in [-0.25, -0.2) is 0 Å². The Bertz CT molecular complexity index is 763. The summed E-state index contributed by atoms with van der Waals surface area (Å²) in [7, 11) is 3.79. The molecule has 26 heavy (non-hydrogen) atoms. The number of nitrogens with zero attached hydrogens (tertiary/aromatic N) is 1. The lowest BCUT2D eigenvalue weighted by Crippen LogP contribution is -2.36. The standard InChI is InChI=1S/C20H25N3O3/c1-23(2)17-11-10-15(22-20(25)18-9-6-12-26-18)13-16(17)19(24)21-14-7-4-3-5-8-14/h6,9-14H,3-5,7-8H2,1-2H3,(H,21,24)(H,22,25). The number of carbonyl (C=O) groups is 2. The summed E-state index contributed by atoms with van der Waals surface area (Å²) in [6.45, 7) is 0. The second kappa shape index (κ2) is 8.08. The average Bonchev–Trinajstić information content (AvgIpc) is 3.17. The van der Waals surface area contributed by atoms with Crippen LogP contribution in [0, 0.1) is 0 Å². The van der Waals surface area contributed by atoms with Crippen molar-refractivity contribution in [1.29, 1.82) is 0 Å². The topological polar surface area (TPSA) is 74.6 Å². The van der Waals surface area contributed by atoms with Crippen LogP contribution in [-0.2, 0) is 0 Å². The van der Waals surface area contributed by atoms with Crippen LogP contribution in [0.15, 0.2) is 41.0 Å². The van der Waals surface area contributed by atoms with Crippen molar-refractivity contribution < 1.29 is 14.0 Å². The van der Waals surface area contributed by atoms with Crippen LogP contribution < -0.4 is 15.5 Å². The summed E-state index contributed by atoms with van der Waals surface area (Å²) in [5.74, 6) is -0.212. The van der Waals surface area contributed by atoms with E-state index in [1.165, 1.54) is 12.7 Å². The van der Waals surface area contributed by atoms with Crippen LogP contribution in [0.25, 0.3) is 0 Å². The molecule has 0 atom stereocenters. The molecule has 1 saturated carbocycles. The fraction of sp³-hybridized carbons (Fsp3) is 0.400. The van der Waals surface area contributed by atoms with E-state index in [4.69, 9.17) is 4.42 Å². The van der Waals surface area contributed by atoms with Crippen molar-refractivity contribution in [3.05, 3.63) is 47.9 Å². The van der Waals surface area contributed by atoms with Gasteiger partial charge in [-0.15, -0.1) is 0 Å². The summed E-state index contributed by atoms with van der Waals surface area (Å²) in [5, 5.41) is 5.92. The number of nitrogens with one attached hydrogen (secondary N) is 2. The Morgan fingerprint density at radius 3 is 2.50 bits per heavy atom. The Balaban J connectivity index is 1.79. The summed E-state index contributed by atoms with van der Waals surface area (Å²) in [6.07, 6.45) is 7.06. The molecule has 2 N–H and O–H groups in total. The third kappa shape index (κ3) is 4.25. The van der Waals surface area contributed by atoms with E-state index >= 15 is 0 Å². The zero-order chi connectivity index (χ0) is 18.5. The molecule has 2 aromatic rings. The summed E-state index contributed by atoms with van der Waals surface area (Å²) in [5.41, 5.74) is 1.93. The maximum atomic E-state index is 12.8. The van der Waals surface area contributed by atoms with Crippen LogP contribution in [-0.4, -0.2) is 32.0 Å². The predicted octanol–water partition coefficient (Wildman–Crippen LogP) is 3.66. The highest BCUT2D eigenvalue weighted by Crippen LogP contribution is 2.25. The molecule has 6 nitrogen and oxygen atoms in total. The molecule has 1 aromatic carbocycles. The summed E-state index contributed by atoms with van der Waals surface area (Å²) >= 11 is 0. The minimum Gasteiger partial charge on any atom is -0.459 e. The number of hydrogen-bond acceptors (Lipinski definition) is 4. The van der Waals surface area contributed by atoms with Gasteiger partial charge in [0.15, 0.2) is 5.76 Å². The largest absolute Gasteiger partial charge is 0.459 e. The van der Waals surface area contributed by atoms with Crippen molar-refractivity contribution in [1.82, 2.24) is 5.32 Å². The van der Waals surface area contributed by atoms with Crippen molar-refractivity contribution >= 4 is 23.2 Å². The van der Waals surface area contributed by atoms with Gasteiger partial charge < -0.3 is 20.0 Å². The first-order valence-electron chi connectivity index (χ1n) is 9.01. The summed E-state index contributed by atoms with van der Waals surface area (Å²) in [4.78, 5) is 26.9. The van der Waals surface area contributed by atoms with Gasteiger partial charge >= 0.3 is 0 Å². The van der Waals surface area contributed by atoms with Crippen LogP contribution in [0.3, 0.4) is 0 Å². The highest BCUT2D eigenvalue weighted by molar-refractivity contribution is 6.05. The third-order valence-corrected chi connectivity index (χ3v) is 4.67. The number of hydrogen-bond donors (Lipinski definition) is 2. The molecule has 0 aliphatic heterocycles. The first-order chi connectivity index (χ1) is 12.5. The molecule has 1 aromatic heterocycles. The maximum Gasteiger partial charge on any atom is 0.291 e. The Morgan fingerprint density at radius 2 is 1.85 bits per heavy atom. The number of anilines is 2. The molecular formula is C20H25N3O3. The molecule has 0 spiro atoms. The first kappa shape index (κ1) is 18.0. The summed E-state index contributed by atoms with van der Waals surface area (Å²) < 4.78 is 5.11. The normalized spacial score (nSPS) is 14.7. The van der Waals surface area contributed by atoms with Crippen molar-refractivity contribution in [2.75, 3.05) is 24.3 Å². The Hall–Kier alpha value is -2.76. The smallest absolute Gasteiger partial charge is 0.291 e. The Morgan fingerprint density at radius 1 is 1.08 bits per heavy atom. The summed E-state index contributed by atoms with van der Waals surface area (Å²) in [6, 6.07) is 8.83. The molecule has 138 valence electrons. The molecular weight excluding hydrogens is 330 g/mol. The molecule has 6 heteroatoms. The van der Waals surface area contributed by atoms with Gasteiger partial charge in [-0.05, 0) is 43.2 Å². The molecule has 0 saturated heterocycles. The van der Waals surface area contributed by atoms with E-state index < -0.39 is 0 Å². The lowest BCUT2D eigenvalue weighted by atomic mass is 9.95. The fourth-order valence-corrected chi connectivity index (χ4v) is 3.30. The second-order valence-electron chi connectivity index (χ2n) is 6.87. The number of carbonyl (C=O) groups excluding carboxylic acids is 2. The lowest BCUT2D eigenvalue weighted by molar-refractivity contribution is 0.0927. The maximum absolute atomic E-state index is 12.8. The van der Waals surface area contributed by atoms with Crippen LogP contribution >= 0.6 is 0 Å². The van der Waals surface area contributed by atoms with Crippen LogP contribution in [0.1, 0.15) is 53.0 Å². The molecule has 0 unspecified atom stereocenters. The monoisotopic (exact) mass is 355 g/mol. The van der Waals surface area contributed by atoms with Crippen LogP contribution in [0.5, 0.6) is 0 Å². The van der Waals surface area contributed by atoms with Gasteiger partial charge in [0, 0.05) is 31.5 Å². The van der Waals surface area contributed by atoms with Crippen molar-refractivity contribution in [2.45, 2.75) is 38.1 Å². The molecule has 2 amide bonds. The molecule has 1 aliphatic carbocycles. The van der Waals surface area contributed by atoms with E-state index in [1.54, 1.807) is 24.3 Å². The van der Waals surface area contributed by atoms with Crippen LogP contribution in [0.4, 0.5) is 11.4 Å². The quantitative estimate of drug-likeness (QED) is 0.858. The number of furan rings is 1. The highest BCUT2D eigenvalue weighted by atomic mass is 16.3. The lowest BCUT2D eigenvalue weighted by Gasteiger charge is -2.24. The molecule has 1 fully saturated rings. The second-order valence-corrected chi connectivity index (χ2v) is 6.87. The van der Waals surface area contributed by atoms with Gasteiger partial charge in [0.2, 0.25) is 0 Å². The zero-order valence-electron chi connectivity index (χ0n) is 15.2. The molecule has 1 aliphatic rings. The van der Waals surface area contributed by atoms with E-state index in [9.17, 15) is 9.59 Å². The van der Waals surface area contributed by atoms with Crippen LogP contribution in [0.2, 0.25) is 0 Å². The SMILES string of the molecule is CN(C)c1ccc(NC(=O)c2ccco2)cc1C(=O)NC1CCCCC1. The Kier molecular flexibility index (Phi) is 5.61. The van der Waals surface area contributed by atoms with Crippen molar-refractivity contribution in [2.24, 2.45) is 0 Å². The number of amides is 2. The van der Waals surface area contributed by atoms with E-state index in [-0.39, 0.29) is 23.6 Å². The average molecular weight is 355 g/mol. The number of benzene rings is 1. The first-order valence-corrected chi connectivity index (χ1v) is 9.01. The van der Waals surface area contributed by atoms with E-state index in [0.717, 1.165) is 31.4 Å². The minimum absolute atomic E-state index is 0.102. The van der Waals surface area contributed by atoms with Crippen molar-refractivity contribution in [3.63, 3.8) is 0 Å². The number of rotatable bonds is 5. The molecule has 1 heterocycles. The van der Waals surface area contributed by atoms with Gasteiger partial charge in [0.05, 0.1) is 11.8 Å². The third-order valence-electron chi connectivity index (χ3n) is 4.67. The van der Waals surface area contributed by atoms with E-state index in [0.29, 0.717) is 11.3 Å². The Labute approximate surface area is 153 Å². The molecule has 0 bridgehead atoms. The van der Waals surface area contributed by atoms with Crippen molar-refractivity contribution in [3.8, 4) is 0 Å². The fourth-order valence-electron chi connectivity index (χ4n) is 3.30. The van der Waals surface area contributed by atoms with Gasteiger partial charge in [-0.2, -0.15) is 0 Å². The minimum atomic E-state index is -0.341. The van der Waals surface area contributed by atoms with Gasteiger partial charge in [-0.1, -0.05) is 19.3 Å². The van der Waals surface area contributed by atoms with E-state index in [2.05, 4.69) is 10.6 Å². The van der Waals surface area contributed by atoms with Gasteiger partial charge in [0.25, 0.3) is 11.8 Å². The van der Waals surface area contributed by atoms with Gasteiger partial charge in [-0.3, -0.25) is 9.59 Å². The molecule has 3 rings (SSSR count). The molecule has 0 radical (unpaired) electrons. The van der Waals surface area contributed by atoms with E-state index in [1.807, 2.05) is 25.1 Å². The zero-order valence-corrected chi connectivity index (χ0v) is 15.2. The van der Waals surface area contributed by atoms with Gasteiger partial charge in [0.1, 0.15) is 0 Å².